The summed E-state index contributed by atoms with van der Waals surface area (Å²) in [5.74, 6) is 0. The van der Waals surface area contributed by atoms with Crippen LogP contribution in [0.5, 0.6) is 0 Å². The molecule has 28 heavy (non-hydrogen) atoms. The lowest BCUT2D eigenvalue weighted by Gasteiger charge is -2.16. The first-order valence-electron chi connectivity index (χ1n) is 8.93. The van der Waals surface area contributed by atoms with E-state index < -0.39 is 11.7 Å². The summed E-state index contributed by atoms with van der Waals surface area (Å²) in [5, 5.41) is 8.93. The molecule has 142 valence electrons. The second-order valence-electron chi connectivity index (χ2n) is 6.75. The van der Waals surface area contributed by atoms with Gasteiger partial charge in [-0.2, -0.15) is 18.3 Å². The van der Waals surface area contributed by atoms with Crippen LogP contribution in [0.25, 0.3) is 33.4 Å². The monoisotopic (exact) mass is 383 g/mol. The second kappa shape index (κ2) is 6.20. The van der Waals surface area contributed by atoms with Crippen LogP contribution in [0.3, 0.4) is 0 Å². The Kier molecular flexibility index (Phi) is 3.77. The summed E-state index contributed by atoms with van der Waals surface area (Å²) >= 11 is 0. The van der Waals surface area contributed by atoms with Gasteiger partial charge in [-0.3, -0.25) is 4.68 Å². The minimum Gasteiger partial charge on any atom is -0.346 e. The van der Waals surface area contributed by atoms with Crippen molar-refractivity contribution in [1.29, 1.82) is 0 Å². The molecule has 0 unspecified atom stereocenters. The number of aromatic amines is 1. The number of halogens is 3. The first kappa shape index (κ1) is 17.0. The van der Waals surface area contributed by atoms with Crippen LogP contribution in [0, 0.1) is 0 Å². The van der Waals surface area contributed by atoms with E-state index in [9.17, 15) is 13.2 Å². The highest BCUT2D eigenvalue weighted by Crippen LogP contribution is 2.40. The summed E-state index contributed by atoms with van der Waals surface area (Å²) in [7, 11) is 0. The van der Waals surface area contributed by atoms with Gasteiger partial charge in [0.25, 0.3) is 0 Å². The fourth-order valence-corrected chi connectivity index (χ4v) is 3.76. The molecule has 8 heteroatoms. The lowest BCUT2D eigenvalue weighted by Crippen LogP contribution is -2.28. The van der Waals surface area contributed by atoms with E-state index in [1.807, 2.05) is 16.8 Å². The SMILES string of the molecule is FC(F)(F)c1cccc(-c2nn3c(c2-c2ccnc4[nH]ccc24)CNCC3)c1. The molecule has 0 bridgehead atoms. The van der Waals surface area contributed by atoms with Gasteiger partial charge in [-0.15, -0.1) is 0 Å². The molecule has 4 aromatic rings. The maximum Gasteiger partial charge on any atom is 0.416 e. The minimum atomic E-state index is -4.40. The van der Waals surface area contributed by atoms with E-state index >= 15 is 0 Å². The Morgan fingerprint density at radius 2 is 2.00 bits per heavy atom. The number of nitrogens with zero attached hydrogens (tertiary/aromatic N) is 3. The zero-order valence-corrected chi connectivity index (χ0v) is 14.7. The average molecular weight is 383 g/mol. The maximum atomic E-state index is 13.3. The van der Waals surface area contributed by atoms with E-state index in [0.717, 1.165) is 40.5 Å². The third kappa shape index (κ3) is 2.68. The lowest BCUT2D eigenvalue weighted by atomic mass is 9.96. The Hall–Kier alpha value is -3.13. The Balaban J connectivity index is 1.78. The van der Waals surface area contributed by atoms with Crippen molar-refractivity contribution in [1.82, 2.24) is 25.1 Å². The summed E-state index contributed by atoms with van der Waals surface area (Å²) < 4.78 is 41.6. The van der Waals surface area contributed by atoms with Crippen LogP contribution in [0.4, 0.5) is 13.2 Å². The zero-order valence-electron chi connectivity index (χ0n) is 14.7. The summed E-state index contributed by atoms with van der Waals surface area (Å²) in [4.78, 5) is 7.41. The number of fused-ring (bicyclic) bond motifs is 2. The molecular weight excluding hydrogens is 367 g/mol. The number of hydrogen-bond donors (Lipinski definition) is 2. The molecule has 3 aromatic heterocycles. The number of benzene rings is 1. The van der Waals surface area contributed by atoms with E-state index in [1.54, 1.807) is 18.5 Å². The fraction of sp³-hybridized carbons (Fsp3) is 0.200. The molecule has 0 aliphatic carbocycles. The number of rotatable bonds is 2. The Morgan fingerprint density at radius 1 is 1.11 bits per heavy atom. The molecule has 0 amide bonds. The molecule has 5 rings (SSSR count). The number of hydrogen-bond acceptors (Lipinski definition) is 3. The number of nitrogens with one attached hydrogen (secondary N) is 2. The summed E-state index contributed by atoms with van der Waals surface area (Å²) in [6, 6.07) is 9.17. The van der Waals surface area contributed by atoms with Crippen LogP contribution in [0.2, 0.25) is 0 Å². The van der Waals surface area contributed by atoms with Crippen LogP contribution in [-0.2, 0) is 19.3 Å². The van der Waals surface area contributed by atoms with Crippen LogP contribution >= 0.6 is 0 Å². The van der Waals surface area contributed by atoms with Crippen molar-refractivity contribution in [2.75, 3.05) is 6.54 Å². The molecule has 4 heterocycles. The molecule has 0 radical (unpaired) electrons. The molecule has 1 aliphatic rings. The Morgan fingerprint density at radius 3 is 2.86 bits per heavy atom. The van der Waals surface area contributed by atoms with E-state index in [4.69, 9.17) is 5.10 Å². The van der Waals surface area contributed by atoms with E-state index in [-0.39, 0.29) is 0 Å². The predicted octanol–water partition coefficient (Wildman–Crippen LogP) is 4.22. The Labute approximate surface area is 158 Å². The van der Waals surface area contributed by atoms with Crippen LogP contribution < -0.4 is 5.32 Å². The molecule has 2 N–H and O–H groups in total. The summed E-state index contributed by atoms with van der Waals surface area (Å²) in [6.07, 6.45) is -0.897. The van der Waals surface area contributed by atoms with E-state index in [1.165, 1.54) is 12.1 Å². The smallest absolute Gasteiger partial charge is 0.346 e. The molecular formula is C20H16F3N5. The molecule has 0 saturated heterocycles. The molecule has 0 atom stereocenters. The van der Waals surface area contributed by atoms with Crippen molar-refractivity contribution >= 4 is 11.0 Å². The van der Waals surface area contributed by atoms with Gasteiger partial charge in [-0.05, 0) is 29.8 Å². The van der Waals surface area contributed by atoms with Crippen molar-refractivity contribution in [2.24, 2.45) is 0 Å². The van der Waals surface area contributed by atoms with Crippen LogP contribution in [-0.4, -0.2) is 26.3 Å². The van der Waals surface area contributed by atoms with Gasteiger partial charge in [-0.25, -0.2) is 4.98 Å². The van der Waals surface area contributed by atoms with Gasteiger partial charge in [0, 0.05) is 42.0 Å². The van der Waals surface area contributed by atoms with Gasteiger partial charge in [0.2, 0.25) is 0 Å². The molecule has 5 nitrogen and oxygen atoms in total. The topological polar surface area (TPSA) is 58.5 Å². The van der Waals surface area contributed by atoms with Crippen molar-refractivity contribution in [3.05, 3.63) is 60.0 Å². The normalized spacial score (nSPS) is 14.4. The standard InChI is InChI=1S/C20H16F3N5/c21-20(22,23)13-3-1-2-12(10-13)18-17(16-11-24-8-9-28(16)27-18)14-4-6-25-19-15(14)5-7-26-19/h1-7,10,24H,8-9,11H2,(H,25,26). The quantitative estimate of drug-likeness (QED) is 0.545. The van der Waals surface area contributed by atoms with E-state index in [0.29, 0.717) is 24.3 Å². The van der Waals surface area contributed by atoms with Crippen LogP contribution in [0.15, 0.2) is 48.8 Å². The molecule has 0 fully saturated rings. The number of aromatic nitrogens is 4. The Bertz CT molecular complexity index is 1170. The van der Waals surface area contributed by atoms with Crippen molar-refractivity contribution < 1.29 is 13.2 Å². The van der Waals surface area contributed by atoms with Gasteiger partial charge in [0.05, 0.1) is 17.8 Å². The highest BCUT2D eigenvalue weighted by atomic mass is 19.4. The second-order valence-corrected chi connectivity index (χ2v) is 6.75. The zero-order chi connectivity index (χ0) is 19.3. The van der Waals surface area contributed by atoms with Crippen LogP contribution in [0.1, 0.15) is 11.3 Å². The minimum absolute atomic E-state index is 0.451. The maximum absolute atomic E-state index is 13.3. The van der Waals surface area contributed by atoms with Gasteiger partial charge < -0.3 is 10.3 Å². The van der Waals surface area contributed by atoms with Gasteiger partial charge in [-0.1, -0.05) is 12.1 Å². The van der Waals surface area contributed by atoms with E-state index in [2.05, 4.69) is 15.3 Å². The fourth-order valence-electron chi connectivity index (χ4n) is 3.76. The first-order valence-corrected chi connectivity index (χ1v) is 8.93. The van der Waals surface area contributed by atoms with Gasteiger partial charge in [0.1, 0.15) is 11.3 Å². The summed E-state index contributed by atoms with van der Waals surface area (Å²) in [5.41, 5.74) is 3.78. The number of H-pyrrole nitrogens is 1. The van der Waals surface area contributed by atoms with Crippen molar-refractivity contribution in [3.8, 4) is 22.4 Å². The highest BCUT2D eigenvalue weighted by Gasteiger charge is 2.31. The molecule has 0 spiro atoms. The third-order valence-corrected chi connectivity index (χ3v) is 5.04. The molecule has 1 aromatic carbocycles. The number of alkyl halides is 3. The largest absolute Gasteiger partial charge is 0.416 e. The average Bonchev–Trinajstić information content (AvgIpc) is 3.32. The molecule has 0 saturated carbocycles. The van der Waals surface area contributed by atoms with Crippen molar-refractivity contribution in [2.45, 2.75) is 19.3 Å². The first-order chi connectivity index (χ1) is 13.5. The predicted molar refractivity (Wildman–Crippen MR) is 99.5 cm³/mol. The summed E-state index contributed by atoms with van der Waals surface area (Å²) in [6.45, 7) is 2.05. The lowest BCUT2D eigenvalue weighted by molar-refractivity contribution is -0.137. The molecule has 1 aliphatic heterocycles. The highest BCUT2D eigenvalue weighted by molar-refractivity contribution is 5.98. The van der Waals surface area contributed by atoms with Gasteiger partial charge in [0.15, 0.2) is 0 Å². The van der Waals surface area contributed by atoms with Crippen molar-refractivity contribution in [3.63, 3.8) is 0 Å². The van der Waals surface area contributed by atoms with Gasteiger partial charge >= 0.3 is 6.18 Å². The third-order valence-electron chi connectivity index (χ3n) is 5.04. The number of pyridine rings is 1.